The zero-order valence-electron chi connectivity index (χ0n) is 17.2. The maximum atomic E-state index is 6.23. The predicted octanol–water partition coefficient (Wildman–Crippen LogP) is 7.38. The van der Waals surface area contributed by atoms with Crippen LogP contribution in [0.25, 0.3) is 0 Å². The van der Waals surface area contributed by atoms with Crippen LogP contribution in [0.4, 0.5) is 0 Å². The fourth-order valence-electron chi connectivity index (χ4n) is 2.97. The van der Waals surface area contributed by atoms with Gasteiger partial charge in [-0.15, -0.1) is 12.4 Å². The highest BCUT2D eigenvalue weighted by molar-refractivity contribution is 6.35. The summed E-state index contributed by atoms with van der Waals surface area (Å²) in [7, 11) is 0. The summed E-state index contributed by atoms with van der Waals surface area (Å²) >= 11 is 18.1. The van der Waals surface area contributed by atoms with E-state index in [9.17, 15) is 0 Å². The number of halogens is 4. The Morgan fingerprint density at radius 1 is 0.774 bits per heavy atom. The highest BCUT2D eigenvalue weighted by Gasteiger charge is 2.08. The molecule has 0 spiro atoms. The molecule has 7 heteroatoms. The summed E-state index contributed by atoms with van der Waals surface area (Å²) in [5, 5.41) is 5.51. The van der Waals surface area contributed by atoms with Gasteiger partial charge in [0, 0.05) is 21.6 Å². The van der Waals surface area contributed by atoms with E-state index >= 15 is 0 Å². The Bertz CT molecular complexity index is 964. The number of ether oxygens (including phenoxy) is 2. The Morgan fingerprint density at radius 2 is 1.48 bits per heavy atom. The predicted molar refractivity (Wildman–Crippen MR) is 133 cm³/mol. The third-order valence-corrected chi connectivity index (χ3v) is 5.37. The zero-order chi connectivity index (χ0) is 21.3. The normalized spacial score (nSPS) is 10.5. The van der Waals surface area contributed by atoms with Crippen molar-refractivity contribution in [1.82, 2.24) is 5.32 Å². The lowest BCUT2D eigenvalue weighted by atomic mass is 10.1. The highest BCUT2D eigenvalue weighted by Crippen LogP contribution is 2.29. The second-order valence-electron chi connectivity index (χ2n) is 6.79. The van der Waals surface area contributed by atoms with Crippen molar-refractivity contribution < 1.29 is 9.47 Å². The van der Waals surface area contributed by atoms with Crippen LogP contribution in [0.5, 0.6) is 11.5 Å². The van der Waals surface area contributed by atoms with Gasteiger partial charge in [0.15, 0.2) is 11.5 Å². The molecule has 3 nitrogen and oxygen atoms in total. The van der Waals surface area contributed by atoms with Gasteiger partial charge in [-0.1, -0.05) is 59.1 Å². The molecule has 0 bridgehead atoms. The van der Waals surface area contributed by atoms with Crippen LogP contribution in [0, 0.1) is 0 Å². The SMILES string of the molecule is CCOc1cc(CNCCc2ccc(Cl)cc2Cl)ccc1OCc1ccc(Cl)cc1.Cl. The van der Waals surface area contributed by atoms with Gasteiger partial charge in [0.25, 0.3) is 0 Å². The smallest absolute Gasteiger partial charge is 0.161 e. The molecule has 0 unspecified atom stereocenters. The summed E-state index contributed by atoms with van der Waals surface area (Å²) in [5.41, 5.74) is 3.25. The van der Waals surface area contributed by atoms with Crippen LogP contribution in [-0.2, 0) is 19.6 Å². The summed E-state index contributed by atoms with van der Waals surface area (Å²) in [4.78, 5) is 0. The molecule has 3 aromatic rings. The van der Waals surface area contributed by atoms with Crippen molar-refractivity contribution >= 4 is 47.2 Å². The van der Waals surface area contributed by atoms with Gasteiger partial charge >= 0.3 is 0 Å². The molecule has 166 valence electrons. The Morgan fingerprint density at radius 3 is 2.19 bits per heavy atom. The molecule has 0 heterocycles. The van der Waals surface area contributed by atoms with E-state index in [1.807, 2.05) is 61.5 Å². The van der Waals surface area contributed by atoms with Gasteiger partial charge in [0.1, 0.15) is 6.61 Å². The summed E-state index contributed by atoms with van der Waals surface area (Å²) in [6, 6.07) is 19.2. The second kappa shape index (κ2) is 13.0. The van der Waals surface area contributed by atoms with Gasteiger partial charge in [0.2, 0.25) is 0 Å². The van der Waals surface area contributed by atoms with Crippen LogP contribution >= 0.6 is 47.2 Å². The van der Waals surface area contributed by atoms with E-state index in [-0.39, 0.29) is 12.4 Å². The fourth-order valence-corrected chi connectivity index (χ4v) is 3.60. The fraction of sp³-hybridized carbons (Fsp3) is 0.250. The molecule has 0 aliphatic carbocycles. The molecule has 0 saturated carbocycles. The summed E-state index contributed by atoms with van der Waals surface area (Å²) in [6.07, 6.45) is 0.830. The molecule has 31 heavy (non-hydrogen) atoms. The Kier molecular flexibility index (Phi) is 10.8. The van der Waals surface area contributed by atoms with Gasteiger partial charge in [-0.25, -0.2) is 0 Å². The zero-order valence-corrected chi connectivity index (χ0v) is 20.3. The van der Waals surface area contributed by atoms with Crippen molar-refractivity contribution in [2.75, 3.05) is 13.2 Å². The first-order chi connectivity index (χ1) is 14.5. The third kappa shape index (κ3) is 8.10. The number of nitrogens with one attached hydrogen (secondary N) is 1. The summed E-state index contributed by atoms with van der Waals surface area (Å²) < 4.78 is 11.7. The molecule has 3 aromatic carbocycles. The molecule has 0 radical (unpaired) electrons. The van der Waals surface area contributed by atoms with E-state index in [0.29, 0.717) is 28.3 Å². The number of benzene rings is 3. The minimum absolute atomic E-state index is 0. The summed E-state index contributed by atoms with van der Waals surface area (Å²) in [5.74, 6) is 1.47. The van der Waals surface area contributed by atoms with Crippen LogP contribution in [0.1, 0.15) is 23.6 Å². The molecular formula is C24H25Cl4NO2. The first kappa shape index (κ1) is 25.6. The van der Waals surface area contributed by atoms with Gasteiger partial charge in [-0.3, -0.25) is 0 Å². The van der Waals surface area contributed by atoms with Crippen molar-refractivity contribution in [2.45, 2.75) is 26.5 Å². The number of hydrogen-bond acceptors (Lipinski definition) is 3. The van der Waals surface area contributed by atoms with E-state index in [0.717, 1.165) is 47.7 Å². The monoisotopic (exact) mass is 499 g/mol. The lowest BCUT2D eigenvalue weighted by Crippen LogP contribution is -2.17. The maximum absolute atomic E-state index is 6.23. The van der Waals surface area contributed by atoms with Crippen molar-refractivity contribution in [1.29, 1.82) is 0 Å². The Hall–Kier alpha value is -1.62. The molecule has 0 atom stereocenters. The number of hydrogen-bond donors (Lipinski definition) is 1. The van der Waals surface area contributed by atoms with Crippen LogP contribution < -0.4 is 14.8 Å². The van der Waals surface area contributed by atoms with Gasteiger partial charge in [0.05, 0.1) is 6.61 Å². The molecule has 0 fully saturated rings. The first-order valence-corrected chi connectivity index (χ1v) is 11.0. The molecule has 0 aliphatic heterocycles. The molecule has 0 aromatic heterocycles. The average Bonchev–Trinajstić information content (AvgIpc) is 2.73. The van der Waals surface area contributed by atoms with E-state index in [4.69, 9.17) is 44.3 Å². The average molecular weight is 501 g/mol. The lowest BCUT2D eigenvalue weighted by molar-refractivity contribution is 0.269. The van der Waals surface area contributed by atoms with E-state index in [1.54, 1.807) is 6.07 Å². The molecule has 1 N–H and O–H groups in total. The van der Waals surface area contributed by atoms with Gasteiger partial charge < -0.3 is 14.8 Å². The summed E-state index contributed by atoms with van der Waals surface area (Å²) in [6.45, 7) is 4.52. The largest absolute Gasteiger partial charge is 0.490 e. The van der Waals surface area contributed by atoms with Gasteiger partial charge in [-0.2, -0.15) is 0 Å². The van der Waals surface area contributed by atoms with Crippen LogP contribution in [0.3, 0.4) is 0 Å². The highest BCUT2D eigenvalue weighted by atomic mass is 35.5. The Balaban J connectivity index is 0.00000341. The van der Waals surface area contributed by atoms with E-state index in [2.05, 4.69) is 5.32 Å². The van der Waals surface area contributed by atoms with Crippen LogP contribution in [0.2, 0.25) is 15.1 Å². The molecule has 0 aliphatic rings. The van der Waals surface area contributed by atoms with Crippen molar-refractivity contribution in [3.8, 4) is 11.5 Å². The maximum Gasteiger partial charge on any atom is 0.161 e. The van der Waals surface area contributed by atoms with E-state index < -0.39 is 0 Å². The van der Waals surface area contributed by atoms with Crippen molar-refractivity contribution in [3.05, 3.63) is 92.4 Å². The molecular weight excluding hydrogens is 476 g/mol. The first-order valence-electron chi connectivity index (χ1n) is 9.82. The molecule has 0 amide bonds. The minimum atomic E-state index is 0. The standard InChI is InChI=1S/C24H24Cl3NO2.ClH/c1-2-29-24-13-18(15-28-12-11-19-6-9-21(26)14-22(19)27)5-10-23(24)30-16-17-3-7-20(25)8-4-17;/h3-10,13-14,28H,2,11-12,15-16H2,1H3;1H. The van der Waals surface area contributed by atoms with Crippen LogP contribution in [0.15, 0.2) is 60.7 Å². The quantitative estimate of drug-likeness (QED) is 0.294. The van der Waals surface area contributed by atoms with Crippen LogP contribution in [-0.4, -0.2) is 13.2 Å². The number of rotatable bonds is 10. The molecule has 3 rings (SSSR count). The van der Waals surface area contributed by atoms with Gasteiger partial charge in [-0.05, 0) is 73.0 Å². The molecule has 0 saturated heterocycles. The lowest BCUT2D eigenvalue weighted by Gasteiger charge is -2.14. The van der Waals surface area contributed by atoms with E-state index in [1.165, 1.54) is 0 Å². The topological polar surface area (TPSA) is 30.5 Å². The van der Waals surface area contributed by atoms with Crippen molar-refractivity contribution in [2.24, 2.45) is 0 Å². The van der Waals surface area contributed by atoms with Crippen molar-refractivity contribution in [3.63, 3.8) is 0 Å². The minimum Gasteiger partial charge on any atom is -0.490 e. The second-order valence-corrected chi connectivity index (χ2v) is 8.07. The third-order valence-electron chi connectivity index (χ3n) is 4.53. The Labute approximate surface area is 205 Å².